The Bertz CT molecular complexity index is 480. The van der Waals surface area contributed by atoms with Crippen molar-refractivity contribution in [2.45, 2.75) is 71.1 Å². The number of guanidine groups is 1. The summed E-state index contributed by atoms with van der Waals surface area (Å²) in [6, 6.07) is 0.398. The fourth-order valence-corrected chi connectivity index (χ4v) is 3.89. The molecule has 2 atom stereocenters. The summed E-state index contributed by atoms with van der Waals surface area (Å²) < 4.78 is 5.90. The summed E-state index contributed by atoms with van der Waals surface area (Å²) in [5.74, 6) is 0.789. The van der Waals surface area contributed by atoms with Crippen molar-refractivity contribution in [3.05, 3.63) is 0 Å². The molecule has 0 radical (unpaired) electrons. The van der Waals surface area contributed by atoms with Crippen molar-refractivity contribution in [2.24, 2.45) is 10.4 Å². The minimum absolute atomic E-state index is 0.00658. The van der Waals surface area contributed by atoms with E-state index in [2.05, 4.69) is 22.5 Å². The fraction of sp³-hybridized carbons (Fsp3) is 0.889. The molecule has 2 fully saturated rings. The number of hydrogen-bond donors (Lipinski definition) is 2. The smallest absolute Gasteiger partial charge is 0.240 e. The molecule has 0 aromatic rings. The highest BCUT2D eigenvalue weighted by Crippen LogP contribution is 2.57. The van der Waals surface area contributed by atoms with Gasteiger partial charge in [0.1, 0.15) is 0 Å². The summed E-state index contributed by atoms with van der Waals surface area (Å²) in [6.07, 6.45) is 5.13. The van der Waals surface area contributed by atoms with Gasteiger partial charge in [-0.15, -0.1) is 0 Å². The van der Waals surface area contributed by atoms with Gasteiger partial charge < -0.3 is 20.3 Å². The van der Waals surface area contributed by atoms with Crippen molar-refractivity contribution >= 4 is 11.9 Å². The number of hydrogen-bond acceptors (Lipinski definition) is 3. The van der Waals surface area contributed by atoms with Crippen LogP contribution < -0.4 is 10.6 Å². The second kappa shape index (κ2) is 7.30. The molecule has 2 unspecified atom stereocenters. The van der Waals surface area contributed by atoms with E-state index in [1.165, 1.54) is 19.3 Å². The molecule has 6 nitrogen and oxygen atoms in total. The highest BCUT2D eigenvalue weighted by molar-refractivity contribution is 5.86. The normalized spacial score (nSPS) is 25.7. The lowest BCUT2D eigenvalue weighted by Crippen LogP contribution is -2.68. The van der Waals surface area contributed by atoms with Gasteiger partial charge in [-0.2, -0.15) is 0 Å². The van der Waals surface area contributed by atoms with E-state index in [0.717, 1.165) is 19.0 Å². The summed E-state index contributed by atoms with van der Waals surface area (Å²) in [7, 11) is 3.68. The van der Waals surface area contributed by atoms with Gasteiger partial charge in [0.25, 0.3) is 0 Å². The highest BCUT2D eigenvalue weighted by atomic mass is 16.5. The topological polar surface area (TPSA) is 66.0 Å². The Morgan fingerprint density at radius 2 is 2.04 bits per heavy atom. The maximum absolute atomic E-state index is 12.1. The molecule has 2 aliphatic carbocycles. The van der Waals surface area contributed by atoms with Crippen LogP contribution >= 0.6 is 0 Å². The van der Waals surface area contributed by atoms with Crippen LogP contribution in [0.5, 0.6) is 0 Å². The largest absolute Gasteiger partial charge is 0.378 e. The average Bonchev–Trinajstić information content (AvgIpc) is 2.37. The molecule has 1 spiro atoms. The molecular weight excluding hydrogens is 304 g/mol. The predicted octanol–water partition coefficient (Wildman–Crippen LogP) is 1.76. The molecule has 2 saturated carbocycles. The number of rotatable bonds is 5. The molecule has 0 heterocycles. The summed E-state index contributed by atoms with van der Waals surface area (Å²) in [6.45, 7) is 9.10. The van der Waals surface area contributed by atoms with E-state index < -0.39 is 0 Å². The average molecular weight is 338 g/mol. The number of carbonyl (C=O) groups is 1. The van der Waals surface area contributed by atoms with Crippen LogP contribution in [0.4, 0.5) is 0 Å². The monoisotopic (exact) mass is 338 g/mol. The van der Waals surface area contributed by atoms with Crippen molar-refractivity contribution in [1.82, 2.24) is 15.5 Å². The Labute approximate surface area is 146 Å². The van der Waals surface area contributed by atoms with E-state index in [-0.39, 0.29) is 16.9 Å². The first-order chi connectivity index (χ1) is 11.2. The number of nitrogens with one attached hydrogen (secondary N) is 2. The van der Waals surface area contributed by atoms with Gasteiger partial charge in [0.15, 0.2) is 5.96 Å². The zero-order valence-corrected chi connectivity index (χ0v) is 16.1. The van der Waals surface area contributed by atoms with Crippen LogP contribution in [0.3, 0.4) is 0 Å². The first-order valence-corrected chi connectivity index (χ1v) is 9.09. The van der Waals surface area contributed by atoms with E-state index in [4.69, 9.17) is 4.74 Å². The molecule has 24 heavy (non-hydrogen) atoms. The lowest BCUT2D eigenvalue weighted by Gasteiger charge is -2.61. The summed E-state index contributed by atoms with van der Waals surface area (Å²) in [5.41, 5.74) is 0.0595. The lowest BCUT2D eigenvalue weighted by molar-refractivity contribution is -0.168. The SMILES string of the molecule is CCOC1CC(NC(=NC)N(C)CC(=O)NC(C)(C)C)C12CCC2. The molecule has 0 aromatic heterocycles. The van der Waals surface area contributed by atoms with Crippen LogP contribution in [0.1, 0.15) is 53.4 Å². The van der Waals surface area contributed by atoms with Gasteiger partial charge in [0.05, 0.1) is 12.6 Å². The molecule has 0 bridgehead atoms. The van der Waals surface area contributed by atoms with Crippen LogP contribution in [0, 0.1) is 5.41 Å². The Morgan fingerprint density at radius 1 is 1.38 bits per heavy atom. The van der Waals surface area contributed by atoms with Crippen molar-refractivity contribution in [1.29, 1.82) is 0 Å². The van der Waals surface area contributed by atoms with Gasteiger partial charge >= 0.3 is 0 Å². The molecule has 138 valence electrons. The van der Waals surface area contributed by atoms with Crippen LogP contribution in [-0.4, -0.2) is 61.7 Å². The molecule has 0 saturated heterocycles. The quantitative estimate of drug-likeness (QED) is 0.592. The zero-order chi connectivity index (χ0) is 18.0. The minimum Gasteiger partial charge on any atom is -0.378 e. The molecule has 1 amide bonds. The number of likely N-dealkylation sites (N-methyl/N-ethyl adjacent to an activating group) is 1. The van der Waals surface area contributed by atoms with Crippen LogP contribution in [-0.2, 0) is 9.53 Å². The van der Waals surface area contributed by atoms with Gasteiger partial charge in [-0.25, -0.2) is 0 Å². The third-order valence-corrected chi connectivity index (χ3v) is 5.21. The number of carbonyl (C=O) groups excluding carboxylic acids is 1. The number of ether oxygens (including phenoxy) is 1. The maximum atomic E-state index is 12.1. The summed E-state index contributed by atoms with van der Waals surface area (Å²) >= 11 is 0. The Morgan fingerprint density at radius 3 is 2.50 bits per heavy atom. The van der Waals surface area contributed by atoms with E-state index in [1.807, 2.05) is 32.7 Å². The van der Waals surface area contributed by atoms with E-state index >= 15 is 0 Å². The zero-order valence-electron chi connectivity index (χ0n) is 16.1. The Balaban J connectivity index is 1.89. The van der Waals surface area contributed by atoms with Gasteiger partial charge in [-0.05, 0) is 47.0 Å². The van der Waals surface area contributed by atoms with Crippen molar-refractivity contribution in [2.75, 3.05) is 27.2 Å². The number of aliphatic imine (C=N–C) groups is 1. The molecular formula is C18H34N4O2. The predicted molar refractivity (Wildman–Crippen MR) is 97.1 cm³/mol. The number of amides is 1. The van der Waals surface area contributed by atoms with Gasteiger partial charge in [0, 0.05) is 37.7 Å². The number of nitrogens with zero attached hydrogens (tertiary/aromatic N) is 2. The van der Waals surface area contributed by atoms with E-state index in [9.17, 15) is 4.79 Å². The first-order valence-electron chi connectivity index (χ1n) is 9.09. The molecule has 0 aromatic carbocycles. The molecule has 0 aliphatic heterocycles. The highest BCUT2D eigenvalue weighted by Gasteiger charge is 2.59. The first kappa shape index (κ1) is 19.0. The molecule has 2 aliphatic rings. The summed E-state index contributed by atoms with van der Waals surface area (Å²) in [5, 5.41) is 6.56. The molecule has 2 rings (SSSR count). The standard InChI is InChI=1S/C18H34N4O2/c1-7-24-14-11-13(18(14)9-8-10-18)20-16(19-5)22(6)12-15(23)21-17(2,3)4/h13-14H,7-12H2,1-6H3,(H,19,20)(H,21,23). The van der Waals surface area contributed by atoms with E-state index in [1.54, 1.807) is 7.05 Å². The minimum atomic E-state index is -0.219. The van der Waals surface area contributed by atoms with Crippen LogP contribution in [0.25, 0.3) is 0 Å². The second-order valence-electron chi connectivity index (χ2n) is 8.16. The van der Waals surface area contributed by atoms with Crippen molar-refractivity contribution < 1.29 is 9.53 Å². The van der Waals surface area contributed by atoms with Crippen LogP contribution in [0.15, 0.2) is 4.99 Å². The van der Waals surface area contributed by atoms with Crippen LogP contribution in [0.2, 0.25) is 0 Å². The fourth-order valence-electron chi connectivity index (χ4n) is 3.89. The van der Waals surface area contributed by atoms with Crippen molar-refractivity contribution in [3.8, 4) is 0 Å². The summed E-state index contributed by atoms with van der Waals surface area (Å²) in [4.78, 5) is 18.4. The third-order valence-electron chi connectivity index (χ3n) is 5.21. The molecule has 2 N–H and O–H groups in total. The Hall–Kier alpha value is -1.30. The second-order valence-corrected chi connectivity index (χ2v) is 8.16. The Kier molecular flexibility index (Phi) is 5.78. The van der Waals surface area contributed by atoms with Gasteiger partial charge in [-0.1, -0.05) is 6.42 Å². The van der Waals surface area contributed by atoms with Gasteiger partial charge in [0.2, 0.25) is 5.91 Å². The van der Waals surface area contributed by atoms with Crippen molar-refractivity contribution in [3.63, 3.8) is 0 Å². The van der Waals surface area contributed by atoms with Gasteiger partial charge in [-0.3, -0.25) is 9.79 Å². The third kappa shape index (κ3) is 4.02. The lowest BCUT2D eigenvalue weighted by atomic mass is 9.51. The molecule has 6 heteroatoms. The van der Waals surface area contributed by atoms with E-state index in [0.29, 0.717) is 18.7 Å². The maximum Gasteiger partial charge on any atom is 0.240 e.